The first-order valence-electron chi connectivity index (χ1n) is 23.3. The maximum atomic E-state index is 14.2. The van der Waals surface area contributed by atoms with Crippen LogP contribution in [0, 0.1) is 67.5 Å². The zero-order chi connectivity index (χ0) is 42.0. The van der Waals surface area contributed by atoms with E-state index in [2.05, 4.69) is 54.5 Å². The van der Waals surface area contributed by atoms with Crippen LogP contribution in [0.2, 0.25) is 0 Å². The van der Waals surface area contributed by atoms with Gasteiger partial charge in [0.2, 0.25) is 0 Å². The van der Waals surface area contributed by atoms with Crippen molar-refractivity contribution in [3.63, 3.8) is 0 Å². The van der Waals surface area contributed by atoms with E-state index in [1.54, 1.807) is 0 Å². The predicted octanol–water partition coefficient (Wildman–Crippen LogP) is 11.0. The number of rotatable bonds is 3. The third-order valence-electron chi connectivity index (χ3n) is 20.3. The van der Waals surface area contributed by atoms with Crippen molar-refractivity contribution in [1.82, 2.24) is 0 Å². The number of ketones is 1. The molecular formula is C51H74O7. The largest absolute Gasteiger partial charge is 0.508 e. The van der Waals surface area contributed by atoms with Gasteiger partial charge in [-0.1, -0.05) is 67.0 Å². The lowest BCUT2D eigenvalue weighted by molar-refractivity contribution is -0.202. The fourth-order valence-electron chi connectivity index (χ4n) is 16.3. The molecule has 14 atom stereocenters. The normalized spacial score (nSPS) is 47.1. The Morgan fingerprint density at radius 2 is 1.53 bits per heavy atom. The van der Waals surface area contributed by atoms with Crippen molar-refractivity contribution in [2.75, 3.05) is 0 Å². The number of phenols is 1. The molecule has 7 heteroatoms. The Hall–Kier alpha value is -2.67. The average molecular weight is 799 g/mol. The highest BCUT2D eigenvalue weighted by Gasteiger charge is 2.70. The maximum Gasteiger partial charge on any atom is 0.309 e. The number of benzene rings is 1. The second-order valence-electron chi connectivity index (χ2n) is 23.2. The van der Waals surface area contributed by atoms with Crippen LogP contribution >= 0.6 is 0 Å². The second-order valence-corrected chi connectivity index (χ2v) is 23.2. The van der Waals surface area contributed by atoms with E-state index in [9.17, 15) is 29.7 Å². The molecule has 0 aromatic heterocycles. The first kappa shape index (κ1) is 42.0. The third-order valence-corrected chi connectivity index (χ3v) is 20.3. The van der Waals surface area contributed by atoms with Gasteiger partial charge in [-0.2, -0.15) is 0 Å². The molecule has 3 N–H and O–H groups in total. The van der Waals surface area contributed by atoms with Crippen molar-refractivity contribution < 1.29 is 34.4 Å². The summed E-state index contributed by atoms with van der Waals surface area (Å²) in [7, 11) is 0. The van der Waals surface area contributed by atoms with E-state index < -0.39 is 11.4 Å². The maximum absolute atomic E-state index is 14.2. The van der Waals surface area contributed by atoms with Gasteiger partial charge in [0.1, 0.15) is 11.9 Å². The van der Waals surface area contributed by atoms with E-state index in [1.165, 1.54) is 36.0 Å². The lowest BCUT2D eigenvalue weighted by Gasteiger charge is -2.70. The summed E-state index contributed by atoms with van der Waals surface area (Å²) >= 11 is 0. The van der Waals surface area contributed by atoms with Crippen LogP contribution in [0.15, 0.2) is 29.8 Å². The highest BCUT2D eigenvalue weighted by atomic mass is 16.5. The Labute approximate surface area is 348 Å². The number of hydrogen-bond donors (Lipinski definition) is 3. The summed E-state index contributed by atoms with van der Waals surface area (Å²) in [5.41, 5.74) is 3.09. The minimum atomic E-state index is -0.711. The van der Waals surface area contributed by atoms with Gasteiger partial charge in [0.05, 0.1) is 11.5 Å². The number of hydrogen-bond acceptors (Lipinski definition) is 6. The van der Waals surface area contributed by atoms with Gasteiger partial charge < -0.3 is 20.1 Å². The Balaban J connectivity index is 0.000000172. The molecule has 6 fully saturated rings. The molecular weight excluding hydrogens is 725 g/mol. The Kier molecular flexibility index (Phi) is 10.1. The fourth-order valence-corrected chi connectivity index (χ4v) is 16.3. The molecule has 0 heterocycles. The molecule has 0 radical (unpaired) electrons. The quantitative estimate of drug-likeness (QED) is 0.260. The number of phenolic OH excluding ortho intramolecular Hbond substituents is 1. The van der Waals surface area contributed by atoms with Gasteiger partial charge in [-0.3, -0.25) is 14.4 Å². The third kappa shape index (κ3) is 5.98. The summed E-state index contributed by atoms with van der Waals surface area (Å²) in [6.07, 6.45) is 17.3. The second kappa shape index (κ2) is 13.9. The van der Waals surface area contributed by atoms with Gasteiger partial charge in [0.15, 0.2) is 5.78 Å². The van der Waals surface area contributed by atoms with Crippen molar-refractivity contribution in [3.8, 4) is 5.75 Å². The topological polar surface area (TPSA) is 121 Å². The standard InChI is InChI=1S/C30H46O4.C21H28O3/c1-25(2)21-8-11-30(7)23(28(21,5)10-9-22(25)32)20(31)16-18-19-17-27(4,24(33)34)13-12-26(19,3)14-15-29(18,30)6;1-3-20(23)24-19-9-8-18-17-6-4-13-12-14(22)5-7-15(13)16(17)10-11-21(18,19)2/h16,19,21-23,32H,8-15,17H2,1-7H3,(H,33,34);5,7,12,16-19,22H,3-4,6,8-11H2,1-2H3. The Morgan fingerprint density at radius 3 is 2.24 bits per heavy atom. The molecule has 0 saturated heterocycles. The number of aliphatic carboxylic acids is 1. The number of aryl methyl sites for hydroxylation is 1. The van der Waals surface area contributed by atoms with Gasteiger partial charge in [-0.15, -0.1) is 0 Å². The molecule has 9 rings (SSSR count). The number of aromatic hydroxyl groups is 1. The first-order valence-corrected chi connectivity index (χ1v) is 23.3. The summed E-state index contributed by atoms with van der Waals surface area (Å²) in [5, 5.41) is 30.7. The molecule has 1 aromatic rings. The van der Waals surface area contributed by atoms with Crippen molar-refractivity contribution in [2.24, 2.45) is 67.5 Å². The van der Waals surface area contributed by atoms with Crippen molar-refractivity contribution in [3.05, 3.63) is 41.0 Å². The van der Waals surface area contributed by atoms with Crippen molar-refractivity contribution in [2.45, 2.75) is 183 Å². The molecule has 14 unspecified atom stereocenters. The van der Waals surface area contributed by atoms with Gasteiger partial charge >= 0.3 is 11.9 Å². The lowest BCUT2D eigenvalue weighted by atomic mass is 9.33. The van der Waals surface area contributed by atoms with Crippen LogP contribution < -0.4 is 0 Å². The van der Waals surface area contributed by atoms with Gasteiger partial charge in [-0.05, 0) is 189 Å². The van der Waals surface area contributed by atoms with Gasteiger partial charge in [-0.25, -0.2) is 0 Å². The zero-order valence-electron chi connectivity index (χ0n) is 37.2. The average Bonchev–Trinajstić information content (AvgIpc) is 3.50. The number of aliphatic hydroxyl groups is 1. The van der Waals surface area contributed by atoms with Crippen LogP contribution in [0.1, 0.15) is 176 Å². The minimum absolute atomic E-state index is 0.0296. The van der Waals surface area contributed by atoms with Crippen LogP contribution in [0.25, 0.3) is 0 Å². The number of allylic oxidation sites excluding steroid dienone is 2. The zero-order valence-corrected chi connectivity index (χ0v) is 37.2. The summed E-state index contributed by atoms with van der Waals surface area (Å²) < 4.78 is 5.83. The molecule has 0 amide bonds. The monoisotopic (exact) mass is 799 g/mol. The highest BCUT2D eigenvalue weighted by molar-refractivity contribution is 5.95. The molecule has 320 valence electrons. The number of aliphatic hydroxyl groups excluding tert-OH is 1. The van der Waals surface area contributed by atoms with Crippen LogP contribution in [-0.4, -0.2) is 45.2 Å². The molecule has 8 aliphatic carbocycles. The Morgan fingerprint density at radius 1 is 0.828 bits per heavy atom. The fraction of sp³-hybridized carbons (Fsp3) is 0.784. The molecule has 58 heavy (non-hydrogen) atoms. The smallest absolute Gasteiger partial charge is 0.309 e. The van der Waals surface area contributed by atoms with Crippen LogP contribution in [-0.2, 0) is 25.5 Å². The molecule has 0 aliphatic heterocycles. The van der Waals surface area contributed by atoms with Crippen LogP contribution in [0.5, 0.6) is 5.75 Å². The molecule has 0 bridgehead atoms. The number of esters is 1. The lowest BCUT2D eigenvalue weighted by Crippen LogP contribution is -2.66. The number of carboxylic acid groups (broad SMARTS) is 1. The molecule has 7 nitrogen and oxygen atoms in total. The first-order chi connectivity index (χ1) is 27.1. The van der Waals surface area contributed by atoms with Gasteiger partial charge in [0.25, 0.3) is 0 Å². The highest BCUT2D eigenvalue weighted by Crippen LogP contribution is 2.75. The SMILES string of the molecule is CC1(C(=O)O)CCC2(C)CCC3(C)C(=CC(=O)C4C5(C)CCC(O)C(C)(C)C5CCC43C)C2C1.CCC(=O)OC1CCC2C3CCc4cc(O)ccc4C3CCC12C. The number of fused-ring (bicyclic) bond motifs is 12. The number of carbonyl (C=O) groups excluding carboxylic acids is 2. The van der Waals surface area contributed by atoms with Crippen LogP contribution in [0.4, 0.5) is 0 Å². The van der Waals surface area contributed by atoms with E-state index in [1.807, 2.05) is 32.1 Å². The summed E-state index contributed by atoms with van der Waals surface area (Å²) in [6.45, 7) is 20.1. The summed E-state index contributed by atoms with van der Waals surface area (Å²) in [5.74, 6) is 2.38. The Bertz CT molecular complexity index is 1880. The molecule has 8 aliphatic rings. The molecule has 1 aromatic carbocycles. The number of carboxylic acids is 1. The summed E-state index contributed by atoms with van der Waals surface area (Å²) in [6, 6.07) is 5.95. The van der Waals surface area contributed by atoms with E-state index in [4.69, 9.17) is 4.74 Å². The van der Waals surface area contributed by atoms with E-state index >= 15 is 0 Å². The van der Waals surface area contributed by atoms with E-state index in [-0.39, 0.29) is 68.3 Å². The summed E-state index contributed by atoms with van der Waals surface area (Å²) in [4.78, 5) is 38.2. The number of carbonyl (C=O) groups is 3. The van der Waals surface area contributed by atoms with E-state index in [0.29, 0.717) is 42.3 Å². The number of ether oxygens (including phenoxy) is 1. The van der Waals surface area contributed by atoms with Crippen molar-refractivity contribution in [1.29, 1.82) is 0 Å². The molecule has 6 saturated carbocycles. The van der Waals surface area contributed by atoms with E-state index in [0.717, 1.165) is 70.6 Å². The van der Waals surface area contributed by atoms with Crippen molar-refractivity contribution >= 4 is 17.7 Å². The molecule has 0 spiro atoms. The predicted molar refractivity (Wildman–Crippen MR) is 226 cm³/mol. The van der Waals surface area contributed by atoms with Gasteiger partial charge in [0, 0.05) is 17.8 Å². The minimum Gasteiger partial charge on any atom is -0.508 e. The van der Waals surface area contributed by atoms with Crippen LogP contribution in [0.3, 0.4) is 0 Å².